The van der Waals surface area contributed by atoms with Gasteiger partial charge in [0.2, 0.25) is 0 Å². The molecule has 2 aromatic rings. The lowest BCUT2D eigenvalue weighted by Crippen LogP contribution is -2.48. The van der Waals surface area contributed by atoms with E-state index in [1.807, 2.05) is 0 Å². The topological polar surface area (TPSA) is 75.7 Å². The summed E-state index contributed by atoms with van der Waals surface area (Å²) in [5.74, 6) is -0.312. The first-order valence-electron chi connectivity index (χ1n) is 8.23. The summed E-state index contributed by atoms with van der Waals surface area (Å²) in [6.45, 7) is 3.46. The zero-order valence-corrected chi connectivity index (χ0v) is 14.9. The van der Waals surface area contributed by atoms with Gasteiger partial charge in [-0.1, -0.05) is 12.1 Å². The molecule has 0 saturated carbocycles. The second kappa shape index (κ2) is 8.39. The maximum Gasteiger partial charge on any atom is 0.253 e. The first kappa shape index (κ1) is 18.5. The van der Waals surface area contributed by atoms with E-state index in [0.717, 1.165) is 25.2 Å². The number of halogens is 1. The van der Waals surface area contributed by atoms with Crippen molar-refractivity contribution in [3.63, 3.8) is 0 Å². The van der Waals surface area contributed by atoms with Crippen LogP contribution in [0.1, 0.15) is 15.9 Å². The van der Waals surface area contributed by atoms with Crippen molar-refractivity contribution >= 4 is 22.9 Å². The lowest BCUT2D eigenvalue weighted by molar-refractivity contribution is 0.0628. The molecule has 0 bridgehead atoms. The summed E-state index contributed by atoms with van der Waals surface area (Å²) < 4.78 is 36.4. The third-order valence-electron chi connectivity index (χ3n) is 4.31. The van der Waals surface area contributed by atoms with E-state index in [2.05, 4.69) is 9.62 Å². The molecule has 1 aliphatic heterocycles. The molecule has 8 heteroatoms. The minimum Gasteiger partial charge on any atom is -0.755 e. The molecule has 1 amide bonds. The van der Waals surface area contributed by atoms with Gasteiger partial charge in [0.1, 0.15) is 5.82 Å². The molecule has 0 radical (unpaired) electrons. The Kier molecular flexibility index (Phi) is 5.97. The van der Waals surface area contributed by atoms with Crippen LogP contribution in [-0.4, -0.2) is 50.6 Å². The van der Waals surface area contributed by atoms with Crippen molar-refractivity contribution in [3.8, 4) is 0 Å². The Bertz CT molecular complexity index is 775. The number of benzene rings is 2. The third-order valence-corrected chi connectivity index (χ3v) is 4.71. The summed E-state index contributed by atoms with van der Waals surface area (Å²) >= 11 is -2.38. The summed E-state index contributed by atoms with van der Waals surface area (Å²) in [6.07, 6.45) is 0. The largest absolute Gasteiger partial charge is 0.755 e. The number of rotatable bonds is 5. The SMILES string of the molecule is O=C(c1ccc(NS(=O)[O-])cc1)N1CCN(Cc2ccc(F)cc2)CC1. The molecule has 26 heavy (non-hydrogen) atoms. The molecule has 1 heterocycles. The van der Waals surface area contributed by atoms with Gasteiger partial charge in [0.25, 0.3) is 5.91 Å². The number of hydrogen-bond donors (Lipinski definition) is 1. The van der Waals surface area contributed by atoms with E-state index in [0.29, 0.717) is 24.3 Å². The Labute approximate surface area is 154 Å². The third kappa shape index (κ3) is 4.87. The van der Waals surface area contributed by atoms with Crippen molar-refractivity contribution in [2.45, 2.75) is 6.54 Å². The Hall–Kier alpha value is -2.29. The van der Waals surface area contributed by atoms with Gasteiger partial charge in [-0.3, -0.25) is 13.9 Å². The van der Waals surface area contributed by atoms with Gasteiger partial charge in [-0.05, 0) is 42.0 Å². The molecule has 0 aliphatic carbocycles. The lowest BCUT2D eigenvalue weighted by Gasteiger charge is -2.34. The number of nitrogens with one attached hydrogen (secondary N) is 1. The number of carbonyl (C=O) groups is 1. The van der Waals surface area contributed by atoms with E-state index < -0.39 is 11.3 Å². The molecule has 1 saturated heterocycles. The van der Waals surface area contributed by atoms with E-state index in [4.69, 9.17) is 0 Å². The van der Waals surface area contributed by atoms with Crippen LogP contribution in [0.5, 0.6) is 0 Å². The van der Waals surface area contributed by atoms with Crippen molar-refractivity contribution in [1.29, 1.82) is 0 Å². The van der Waals surface area contributed by atoms with Crippen LogP contribution in [0.3, 0.4) is 0 Å². The molecule has 1 fully saturated rings. The zero-order chi connectivity index (χ0) is 18.5. The normalized spacial score (nSPS) is 16.3. The summed E-state index contributed by atoms with van der Waals surface area (Å²) in [5.41, 5.74) is 1.99. The van der Waals surface area contributed by atoms with E-state index >= 15 is 0 Å². The first-order valence-corrected chi connectivity index (χ1v) is 9.31. The van der Waals surface area contributed by atoms with Gasteiger partial charge in [0.15, 0.2) is 0 Å². The number of anilines is 1. The quantitative estimate of drug-likeness (QED) is 0.810. The lowest BCUT2D eigenvalue weighted by atomic mass is 10.1. The summed E-state index contributed by atoms with van der Waals surface area (Å²) in [6, 6.07) is 12.8. The van der Waals surface area contributed by atoms with Gasteiger partial charge in [-0.25, -0.2) is 4.39 Å². The van der Waals surface area contributed by atoms with Gasteiger partial charge < -0.3 is 14.2 Å². The smallest absolute Gasteiger partial charge is 0.253 e. The zero-order valence-electron chi connectivity index (χ0n) is 14.1. The molecule has 3 rings (SSSR count). The molecule has 1 aliphatic rings. The molecule has 1 unspecified atom stereocenters. The maximum absolute atomic E-state index is 13.0. The minimum atomic E-state index is -2.38. The molecule has 6 nitrogen and oxygen atoms in total. The van der Waals surface area contributed by atoms with Gasteiger partial charge in [0, 0.05) is 55.2 Å². The fourth-order valence-electron chi connectivity index (χ4n) is 2.92. The van der Waals surface area contributed by atoms with Crippen LogP contribution < -0.4 is 4.72 Å². The van der Waals surface area contributed by atoms with E-state index in [9.17, 15) is 17.9 Å². The van der Waals surface area contributed by atoms with Crippen molar-refractivity contribution in [3.05, 3.63) is 65.5 Å². The standard InChI is InChI=1S/C18H20FN3O3S/c19-16-5-1-14(2-6-16)13-21-9-11-22(12-10-21)18(23)15-3-7-17(8-4-15)20-26(24)25/h1-8,20H,9-13H2,(H,24,25)/p-1. The predicted octanol–water partition coefficient (Wildman–Crippen LogP) is 1.99. The summed E-state index contributed by atoms with van der Waals surface area (Å²) in [4.78, 5) is 16.6. The number of hydrogen-bond acceptors (Lipinski definition) is 4. The second-order valence-corrected chi connectivity index (χ2v) is 6.78. The highest BCUT2D eigenvalue weighted by Crippen LogP contribution is 2.15. The van der Waals surface area contributed by atoms with Crippen molar-refractivity contribution in [1.82, 2.24) is 9.80 Å². The van der Waals surface area contributed by atoms with Crippen LogP contribution in [0.15, 0.2) is 48.5 Å². The molecule has 138 valence electrons. The van der Waals surface area contributed by atoms with Crippen LogP contribution >= 0.6 is 0 Å². The fraction of sp³-hybridized carbons (Fsp3) is 0.278. The average Bonchev–Trinajstić information content (AvgIpc) is 2.64. The number of carbonyl (C=O) groups excluding carboxylic acids is 1. The van der Waals surface area contributed by atoms with Crippen molar-refractivity contribution in [2.75, 3.05) is 30.9 Å². The first-order chi connectivity index (χ1) is 12.5. The Balaban J connectivity index is 1.53. The number of amides is 1. The van der Waals surface area contributed by atoms with Gasteiger partial charge in [-0.15, -0.1) is 0 Å². The molecule has 2 aromatic carbocycles. The van der Waals surface area contributed by atoms with Crippen LogP contribution in [0.2, 0.25) is 0 Å². The second-order valence-electron chi connectivity index (χ2n) is 6.11. The maximum atomic E-state index is 13.0. The molecule has 0 spiro atoms. The number of piperazine rings is 1. The highest BCUT2D eigenvalue weighted by Gasteiger charge is 2.22. The van der Waals surface area contributed by atoms with Crippen molar-refractivity contribution < 1.29 is 17.9 Å². The Morgan fingerprint density at radius 1 is 1.04 bits per heavy atom. The fourth-order valence-corrected chi connectivity index (χ4v) is 3.25. The predicted molar refractivity (Wildman–Crippen MR) is 96.6 cm³/mol. The summed E-state index contributed by atoms with van der Waals surface area (Å²) in [7, 11) is 0. The summed E-state index contributed by atoms with van der Waals surface area (Å²) in [5, 5.41) is 0. The molecule has 0 aromatic heterocycles. The van der Waals surface area contributed by atoms with Crippen LogP contribution in [0.4, 0.5) is 10.1 Å². The monoisotopic (exact) mass is 376 g/mol. The highest BCUT2D eigenvalue weighted by atomic mass is 32.2. The van der Waals surface area contributed by atoms with Crippen LogP contribution in [0.25, 0.3) is 0 Å². The molecule has 1 atom stereocenters. The highest BCUT2D eigenvalue weighted by molar-refractivity contribution is 7.80. The van der Waals surface area contributed by atoms with E-state index in [-0.39, 0.29) is 11.7 Å². The Morgan fingerprint density at radius 3 is 2.23 bits per heavy atom. The van der Waals surface area contributed by atoms with E-state index in [1.54, 1.807) is 41.3 Å². The van der Waals surface area contributed by atoms with Gasteiger partial charge in [0.05, 0.1) is 0 Å². The molecular weight excluding hydrogens is 357 g/mol. The van der Waals surface area contributed by atoms with Gasteiger partial charge >= 0.3 is 0 Å². The van der Waals surface area contributed by atoms with Crippen molar-refractivity contribution in [2.24, 2.45) is 0 Å². The molecule has 1 N–H and O–H groups in total. The van der Waals surface area contributed by atoms with E-state index in [1.165, 1.54) is 12.1 Å². The number of nitrogens with zero attached hydrogens (tertiary/aromatic N) is 2. The molecular formula is C18H19FN3O3S-. The van der Waals surface area contributed by atoms with Gasteiger partial charge in [-0.2, -0.15) is 0 Å². The minimum absolute atomic E-state index is 0.0683. The average molecular weight is 376 g/mol. The van der Waals surface area contributed by atoms with Crippen LogP contribution in [0, 0.1) is 5.82 Å². The van der Waals surface area contributed by atoms with Crippen LogP contribution in [-0.2, 0) is 17.8 Å². The Morgan fingerprint density at radius 2 is 1.65 bits per heavy atom.